The summed E-state index contributed by atoms with van der Waals surface area (Å²) < 4.78 is 9.40. The largest absolute Gasteiger partial charge is 0.453 e. The zero-order valence-electron chi connectivity index (χ0n) is 25.9. The Bertz CT molecular complexity index is 1480. The third-order valence-corrected chi connectivity index (χ3v) is 6.18. The number of hydrogen-bond acceptors (Lipinski definition) is 7. The number of H-pyrrole nitrogens is 2. The van der Waals surface area contributed by atoms with E-state index in [9.17, 15) is 14.4 Å². The Hall–Kier alpha value is -5.13. The number of amides is 3. The maximum absolute atomic E-state index is 12.6. The highest BCUT2D eigenvalue weighted by Crippen LogP contribution is 2.27. The SMILES string of the molecule is CCC.CCCN(Cc1ncc(-c2ccc(-c3ccc(-c4cnc(NC(=O)OCC)[nH]4)cc3)cc2)[nH]1)C(=O)CNC(=O)OC. The van der Waals surface area contributed by atoms with Gasteiger partial charge in [-0.3, -0.25) is 10.1 Å². The lowest BCUT2D eigenvalue weighted by molar-refractivity contribution is -0.130. The number of ether oxygens (including phenoxy) is 2. The molecule has 0 radical (unpaired) electrons. The van der Waals surface area contributed by atoms with Crippen molar-refractivity contribution in [2.24, 2.45) is 0 Å². The van der Waals surface area contributed by atoms with Crippen molar-refractivity contribution in [1.82, 2.24) is 30.2 Å². The number of hydrogen-bond donors (Lipinski definition) is 4. The molecule has 0 saturated heterocycles. The van der Waals surface area contributed by atoms with Crippen LogP contribution in [0.25, 0.3) is 33.6 Å². The zero-order chi connectivity index (χ0) is 31.9. The van der Waals surface area contributed by atoms with Crippen LogP contribution in [0, 0.1) is 0 Å². The summed E-state index contributed by atoms with van der Waals surface area (Å²) in [6.07, 6.45) is 4.22. The van der Waals surface area contributed by atoms with Crippen molar-refractivity contribution < 1.29 is 23.9 Å². The fourth-order valence-corrected chi connectivity index (χ4v) is 4.14. The predicted octanol–water partition coefficient (Wildman–Crippen LogP) is 6.21. The first-order valence-corrected chi connectivity index (χ1v) is 14.6. The van der Waals surface area contributed by atoms with Gasteiger partial charge in [0.05, 0.1) is 44.0 Å². The number of aromatic nitrogens is 4. The summed E-state index contributed by atoms with van der Waals surface area (Å²) in [7, 11) is 1.25. The number of imidazole rings is 2. The standard InChI is InChI=1S/C29H33N7O5.C3H8/c1-4-14-36(26(37)17-32-28(38)40-3)18-25-30-15-23(33-25)21-10-6-19(7-11-21)20-8-12-22(13-9-20)24-16-31-27(34-24)35-29(39)41-5-2;1-3-2/h6-13,15-16H,4-5,14,17-18H2,1-3H3,(H,30,33)(H,32,38)(H2,31,34,35,39);3H2,1-2H3. The van der Waals surface area contributed by atoms with E-state index in [1.807, 2.05) is 55.5 Å². The minimum absolute atomic E-state index is 0.141. The molecule has 4 rings (SSSR count). The first-order valence-electron chi connectivity index (χ1n) is 14.6. The molecule has 234 valence electrons. The molecule has 2 aromatic carbocycles. The fourth-order valence-electron chi connectivity index (χ4n) is 4.14. The normalized spacial score (nSPS) is 10.3. The Balaban J connectivity index is 0.00000169. The zero-order valence-corrected chi connectivity index (χ0v) is 25.9. The first-order chi connectivity index (χ1) is 21.3. The Labute approximate surface area is 257 Å². The highest BCUT2D eigenvalue weighted by Gasteiger charge is 2.16. The van der Waals surface area contributed by atoms with E-state index in [-0.39, 0.29) is 19.1 Å². The van der Waals surface area contributed by atoms with E-state index in [2.05, 4.69) is 49.2 Å². The third kappa shape index (κ3) is 9.72. The van der Waals surface area contributed by atoms with Crippen LogP contribution in [-0.2, 0) is 20.8 Å². The molecule has 4 N–H and O–H groups in total. The van der Waals surface area contributed by atoms with Crippen molar-refractivity contribution in [3.8, 4) is 33.6 Å². The van der Waals surface area contributed by atoms with Gasteiger partial charge >= 0.3 is 12.2 Å². The van der Waals surface area contributed by atoms with Crippen LogP contribution in [0.1, 0.15) is 46.4 Å². The summed E-state index contributed by atoms with van der Waals surface area (Å²) in [5.41, 5.74) is 5.59. The van der Waals surface area contributed by atoms with Gasteiger partial charge in [-0.1, -0.05) is 75.7 Å². The van der Waals surface area contributed by atoms with Crippen molar-refractivity contribution >= 4 is 24.0 Å². The number of methoxy groups -OCH3 is 1. The lowest BCUT2D eigenvalue weighted by Crippen LogP contribution is -2.40. The Morgan fingerprint density at radius 1 is 0.795 bits per heavy atom. The first kappa shape index (κ1) is 33.4. The van der Waals surface area contributed by atoms with Crippen molar-refractivity contribution in [3.05, 3.63) is 66.7 Å². The van der Waals surface area contributed by atoms with Crippen LogP contribution in [0.5, 0.6) is 0 Å². The molecule has 0 aliphatic rings. The number of nitrogens with one attached hydrogen (secondary N) is 4. The molecule has 0 bridgehead atoms. The number of carbonyl (C=O) groups is 3. The Morgan fingerprint density at radius 2 is 1.34 bits per heavy atom. The van der Waals surface area contributed by atoms with Gasteiger partial charge in [0, 0.05) is 6.54 Å². The molecular formula is C32H41N7O5. The molecule has 0 atom stereocenters. The van der Waals surface area contributed by atoms with E-state index < -0.39 is 12.2 Å². The molecule has 0 saturated carbocycles. The second-order valence-corrected chi connectivity index (χ2v) is 9.76. The Kier molecular flexibility index (Phi) is 13.0. The van der Waals surface area contributed by atoms with E-state index in [0.717, 1.165) is 40.1 Å². The van der Waals surface area contributed by atoms with Gasteiger partial charge in [-0.05, 0) is 35.6 Å². The number of nitrogens with zero attached hydrogens (tertiary/aromatic N) is 3. The number of rotatable bonds is 11. The number of carbonyl (C=O) groups excluding carboxylic acids is 3. The smallest absolute Gasteiger partial charge is 0.413 e. The van der Waals surface area contributed by atoms with E-state index in [1.54, 1.807) is 24.2 Å². The maximum Gasteiger partial charge on any atom is 0.413 e. The highest BCUT2D eigenvalue weighted by atomic mass is 16.5. The van der Waals surface area contributed by atoms with Crippen LogP contribution in [0.4, 0.5) is 15.5 Å². The maximum atomic E-state index is 12.6. The van der Waals surface area contributed by atoms with Crippen LogP contribution < -0.4 is 10.6 Å². The van der Waals surface area contributed by atoms with Gasteiger partial charge in [0.25, 0.3) is 0 Å². The number of benzene rings is 2. The lowest BCUT2D eigenvalue weighted by atomic mass is 10.0. The Morgan fingerprint density at radius 3 is 1.89 bits per heavy atom. The predicted molar refractivity (Wildman–Crippen MR) is 170 cm³/mol. The summed E-state index contributed by atoms with van der Waals surface area (Å²) in [5, 5.41) is 4.97. The van der Waals surface area contributed by atoms with E-state index in [4.69, 9.17) is 4.74 Å². The monoisotopic (exact) mass is 603 g/mol. The molecule has 2 aromatic heterocycles. The summed E-state index contributed by atoms with van der Waals surface area (Å²) >= 11 is 0. The second-order valence-electron chi connectivity index (χ2n) is 9.76. The number of aromatic amines is 2. The molecular weight excluding hydrogens is 562 g/mol. The molecule has 0 aliphatic heterocycles. The second kappa shape index (κ2) is 17.1. The molecule has 2 heterocycles. The number of anilines is 1. The quantitative estimate of drug-likeness (QED) is 0.159. The summed E-state index contributed by atoms with van der Waals surface area (Å²) in [6, 6.07) is 16.1. The van der Waals surface area contributed by atoms with Gasteiger partial charge in [0.2, 0.25) is 11.9 Å². The van der Waals surface area contributed by atoms with Gasteiger partial charge in [-0.15, -0.1) is 0 Å². The van der Waals surface area contributed by atoms with Crippen LogP contribution in [0.2, 0.25) is 0 Å². The summed E-state index contributed by atoms with van der Waals surface area (Å²) in [6.45, 7) is 8.95. The molecule has 0 fully saturated rings. The van der Waals surface area contributed by atoms with Gasteiger partial charge in [-0.2, -0.15) is 0 Å². The van der Waals surface area contributed by atoms with E-state index in [0.29, 0.717) is 24.9 Å². The molecule has 0 aliphatic carbocycles. The molecule has 3 amide bonds. The van der Waals surface area contributed by atoms with Crippen LogP contribution in [-0.4, -0.2) is 69.7 Å². The van der Waals surface area contributed by atoms with Crippen molar-refractivity contribution in [2.45, 2.75) is 47.1 Å². The highest BCUT2D eigenvalue weighted by molar-refractivity contribution is 5.83. The molecule has 12 nitrogen and oxygen atoms in total. The summed E-state index contributed by atoms with van der Waals surface area (Å²) in [5.74, 6) is 0.756. The molecule has 4 aromatic rings. The lowest BCUT2D eigenvalue weighted by Gasteiger charge is -2.21. The van der Waals surface area contributed by atoms with Gasteiger partial charge < -0.3 is 29.7 Å². The van der Waals surface area contributed by atoms with Crippen LogP contribution >= 0.6 is 0 Å². The van der Waals surface area contributed by atoms with E-state index >= 15 is 0 Å². The van der Waals surface area contributed by atoms with Crippen LogP contribution in [0.15, 0.2) is 60.9 Å². The fraction of sp³-hybridized carbons (Fsp3) is 0.344. The van der Waals surface area contributed by atoms with Crippen LogP contribution in [0.3, 0.4) is 0 Å². The van der Waals surface area contributed by atoms with E-state index in [1.165, 1.54) is 13.5 Å². The molecule has 12 heteroatoms. The molecule has 0 spiro atoms. The molecule has 44 heavy (non-hydrogen) atoms. The van der Waals surface area contributed by atoms with Crippen molar-refractivity contribution in [1.29, 1.82) is 0 Å². The minimum Gasteiger partial charge on any atom is -0.453 e. The third-order valence-electron chi connectivity index (χ3n) is 6.18. The molecule has 0 unspecified atom stereocenters. The average Bonchev–Trinajstić information content (AvgIpc) is 3.70. The topological polar surface area (TPSA) is 154 Å². The van der Waals surface area contributed by atoms with Gasteiger partial charge in [-0.25, -0.2) is 19.6 Å². The van der Waals surface area contributed by atoms with Crippen molar-refractivity contribution in [2.75, 3.05) is 32.1 Å². The number of alkyl carbamates (subject to hydrolysis) is 1. The van der Waals surface area contributed by atoms with Gasteiger partial charge in [0.1, 0.15) is 12.4 Å². The van der Waals surface area contributed by atoms with Gasteiger partial charge in [0.15, 0.2) is 0 Å². The minimum atomic E-state index is -0.647. The summed E-state index contributed by atoms with van der Waals surface area (Å²) in [4.78, 5) is 52.1. The van der Waals surface area contributed by atoms with Crippen molar-refractivity contribution in [3.63, 3.8) is 0 Å². The average molecular weight is 604 g/mol.